The molecule has 1 heterocycles. The van der Waals surface area contributed by atoms with E-state index in [1.165, 1.54) is 29.2 Å². The van der Waals surface area contributed by atoms with Crippen molar-refractivity contribution in [3.63, 3.8) is 0 Å². The molecular formula is C19H26F3N3O3. The quantitative estimate of drug-likeness (QED) is 0.794. The van der Waals surface area contributed by atoms with Gasteiger partial charge >= 0.3 is 12.4 Å². The van der Waals surface area contributed by atoms with Gasteiger partial charge in [0.15, 0.2) is 0 Å². The zero-order valence-corrected chi connectivity index (χ0v) is 15.9. The maximum atomic E-state index is 12.2. The van der Waals surface area contributed by atoms with E-state index in [0.717, 1.165) is 38.8 Å². The van der Waals surface area contributed by atoms with Crippen LogP contribution in [0.3, 0.4) is 0 Å². The van der Waals surface area contributed by atoms with Crippen LogP contribution in [0.2, 0.25) is 0 Å². The van der Waals surface area contributed by atoms with Crippen molar-refractivity contribution in [1.29, 1.82) is 0 Å². The Hall–Kier alpha value is -2.45. The Bertz CT molecular complexity index is 642. The van der Waals surface area contributed by atoms with Gasteiger partial charge in [0.05, 0.1) is 0 Å². The third-order valence-electron chi connectivity index (χ3n) is 4.50. The fourth-order valence-electron chi connectivity index (χ4n) is 3.03. The molecule has 2 rings (SSSR count). The highest BCUT2D eigenvalue weighted by Gasteiger charge is 2.31. The molecule has 0 aromatic heterocycles. The fraction of sp³-hybridized carbons (Fsp3) is 0.579. The van der Waals surface area contributed by atoms with Crippen LogP contribution < -0.4 is 10.1 Å². The smallest absolute Gasteiger partial charge is 0.406 e. The van der Waals surface area contributed by atoms with Crippen molar-refractivity contribution >= 4 is 11.9 Å². The summed E-state index contributed by atoms with van der Waals surface area (Å²) < 4.78 is 40.3. The highest BCUT2D eigenvalue weighted by Crippen LogP contribution is 2.23. The molecule has 1 aliphatic heterocycles. The molecule has 9 heteroatoms. The third-order valence-corrected chi connectivity index (χ3v) is 4.50. The number of carbonyl (C=O) groups is 2. The van der Waals surface area contributed by atoms with E-state index in [1.807, 2.05) is 4.90 Å². The fourth-order valence-corrected chi connectivity index (χ4v) is 3.03. The van der Waals surface area contributed by atoms with E-state index in [1.54, 1.807) is 7.05 Å². The summed E-state index contributed by atoms with van der Waals surface area (Å²) in [7, 11) is 1.58. The number of likely N-dealkylation sites (tertiary alicyclic amines) is 1. The number of ether oxygens (including phenoxy) is 1. The summed E-state index contributed by atoms with van der Waals surface area (Å²) in [5.74, 6) is -0.263. The van der Waals surface area contributed by atoms with Gasteiger partial charge in [0.25, 0.3) is 0 Å². The summed E-state index contributed by atoms with van der Waals surface area (Å²) in [5.41, 5.74) is 0.660. The van der Waals surface area contributed by atoms with E-state index in [9.17, 15) is 22.8 Å². The lowest BCUT2D eigenvalue weighted by atomic mass is 10.2. The Balaban J connectivity index is 1.72. The lowest BCUT2D eigenvalue weighted by molar-refractivity contribution is -0.274. The van der Waals surface area contributed by atoms with Gasteiger partial charge in [0.1, 0.15) is 5.75 Å². The van der Waals surface area contributed by atoms with Crippen LogP contribution in [0.5, 0.6) is 5.75 Å². The molecule has 1 saturated heterocycles. The molecule has 6 nitrogen and oxygen atoms in total. The number of nitrogens with zero attached hydrogens (tertiary/aromatic N) is 2. The van der Waals surface area contributed by atoms with Crippen LogP contribution in [0.1, 0.15) is 37.7 Å². The largest absolute Gasteiger partial charge is 0.573 e. The van der Waals surface area contributed by atoms with E-state index >= 15 is 0 Å². The summed E-state index contributed by atoms with van der Waals surface area (Å²) in [4.78, 5) is 27.6. The molecule has 1 fully saturated rings. The molecular weight excluding hydrogens is 375 g/mol. The van der Waals surface area contributed by atoms with Crippen LogP contribution in [0.25, 0.3) is 0 Å². The normalized spacial score (nSPS) is 14.9. The van der Waals surface area contributed by atoms with Crippen molar-refractivity contribution in [2.75, 3.05) is 26.7 Å². The van der Waals surface area contributed by atoms with Crippen molar-refractivity contribution in [2.24, 2.45) is 0 Å². The predicted octanol–water partition coefficient (Wildman–Crippen LogP) is 3.52. The van der Waals surface area contributed by atoms with Gasteiger partial charge in [-0.25, -0.2) is 4.79 Å². The van der Waals surface area contributed by atoms with E-state index in [0.29, 0.717) is 5.56 Å². The van der Waals surface area contributed by atoms with Crippen LogP contribution >= 0.6 is 0 Å². The summed E-state index contributed by atoms with van der Waals surface area (Å²) in [6.07, 6.45) is -0.142. The minimum atomic E-state index is -4.73. The van der Waals surface area contributed by atoms with Gasteiger partial charge in [0, 0.05) is 39.6 Å². The number of carbonyl (C=O) groups excluding carboxylic acids is 2. The van der Waals surface area contributed by atoms with E-state index in [4.69, 9.17) is 0 Å². The minimum absolute atomic E-state index is 0.0464. The van der Waals surface area contributed by atoms with Crippen LogP contribution in [0.4, 0.5) is 18.0 Å². The first-order valence-electron chi connectivity index (χ1n) is 9.36. The molecule has 1 aromatic carbocycles. The van der Waals surface area contributed by atoms with Crippen molar-refractivity contribution in [1.82, 2.24) is 15.1 Å². The molecule has 0 saturated carbocycles. The van der Waals surface area contributed by atoms with Crippen molar-refractivity contribution in [3.05, 3.63) is 29.8 Å². The molecule has 0 spiro atoms. The highest BCUT2D eigenvalue weighted by atomic mass is 19.4. The maximum absolute atomic E-state index is 12.2. The average Bonchev–Trinajstić information content (AvgIpc) is 2.91. The number of hydrogen-bond donors (Lipinski definition) is 1. The molecule has 3 amide bonds. The Labute approximate surface area is 162 Å². The second-order valence-electron chi connectivity index (χ2n) is 6.82. The van der Waals surface area contributed by atoms with Gasteiger partial charge in [-0.05, 0) is 30.5 Å². The molecule has 28 heavy (non-hydrogen) atoms. The summed E-state index contributed by atoms with van der Waals surface area (Å²) in [6.45, 7) is 2.02. The Morgan fingerprint density at radius 3 is 2.29 bits per heavy atom. The maximum Gasteiger partial charge on any atom is 0.573 e. The van der Waals surface area contributed by atoms with Gasteiger partial charge in [-0.3, -0.25) is 4.79 Å². The van der Waals surface area contributed by atoms with Gasteiger partial charge in [-0.2, -0.15) is 0 Å². The van der Waals surface area contributed by atoms with Gasteiger partial charge in [0.2, 0.25) is 5.91 Å². The Morgan fingerprint density at radius 1 is 1.11 bits per heavy atom. The number of hydrogen-bond acceptors (Lipinski definition) is 3. The summed E-state index contributed by atoms with van der Waals surface area (Å²) in [5, 5.41) is 2.70. The number of urea groups is 1. The lowest BCUT2D eigenvalue weighted by Crippen LogP contribution is -2.39. The average molecular weight is 401 g/mol. The number of halogens is 3. The van der Waals surface area contributed by atoms with E-state index < -0.39 is 6.36 Å². The third kappa shape index (κ3) is 7.66. The number of benzene rings is 1. The molecule has 0 atom stereocenters. The first-order chi connectivity index (χ1) is 13.2. The lowest BCUT2D eigenvalue weighted by Gasteiger charge is -2.21. The first-order valence-corrected chi connectivity index (χ1v) is 9.36. The second-order valence-corrected chi connectivity index (χ2v) is 6.82. The van der Waals surface area contributed by atoms with Gasteiger partial charge < -0.3 is 19.9 Å². The first kappa shape index (κ1) is 21.8. The molecule has 0 aliphatic carbocycles. The number of rotatable bonds is 6. The molecule has 1 N–H and O–H groups in total. The van der Waals surface area contributed by atoms with Crippen molar-refractivity contribution in [2.45, 2.75) is 45.0 Å². The molecule has 1 aromatic rings. The summed E-state index contributed by atoms with van der Waals surface area (Å²) in [6, 6.07) is 4.99. The van der Waals surface area contributed by atoms with Crippen molar-refractivity contribution in [3.8, 4) is 5.75 Å². The Morgan fingerprint density at radius 2 is 1.71 bits per heavy atom. The van der Waals surface area contributed by atoms with Gasteiger partial charge in [-0.15, -0.1) is 13.2 Å². The number of alkyl halides is 3. The zero-order chi connectivity index (χ0) is 20.6. The standard InChI is InChI=1S/C19H26F3N3O3/c1-24(14-15-6-8-16(9-7-15)28-19(20,21)22)18(27)23-11-10-17(26)25-12-4-2-3-5-13-25/h6-9H,2-5,10-14H2,1H3,(H,23,27). The Kier molecular flexibility index (Phi) is 7.95. The van der Waals surface area contributed by atoms with E-state index in [2.05, 4.69) is 10.1 Å². The SMILES string of the molecule is CN(Cc1ccc(OC(F)(F)F)cc1)C(=O)NCCC(=O)N1CCCCCC1. The van der Waals surface area contributed by atoms with Crippen LogP contribution in [0.15, 0.2) is 24.3 Å². The monoisotopic (exact) mass is 401 g/mol. The number of amides is 3. The van der Waals surface area contributed by atoms with E-state index in [-0.39, 0.29) is 37.2 Å². The molecule has 0 bridgehead atoms. The molecule has 156 valence electrons. The summed E-state index contributed by atoms with van der Waals surface area (Å²) >= 11 is 0. The minimum Gasteiger partial charge on any atom is -0.406 e. The number of nitrogens with one attached hydrogen (secondary N) is 1. The van der Waals surface area contributed by atoms with Crippen LogP contribution in [0, 0.1) is 0 Å². The predicted molar refractivity (Wildman–Crippen MR) is 97.7 cm³/mol. The van der Waals surface area contributed by atoms with Gasteiger partial charge in [-0.1, -0.05) is 25.0 Å². The molecule has 0 radical (unpaired) electrons. The van der Waals surface area contributed by atoms with Crippen LogP contribution in [-0.2, 0) is 11.3 Å². The van der Waals surface area contributed by atoms with Crippen molar-refractivity contribution < 1.29 is 27.5 Å². The molecule has 1 aliphatic rings. The highest BCUT2D eigenvalue weighted by molar-refractivity contribution is 5.78. The molecule has 0 unspecified atom stereocenters. The van der Waals surface area contributed by atoms with Crippen LogP contribution in [-0.4, -0.2) is 54.8 Å². The second kappa shape index (κ2) is 10.2. The zero-order valence-electron chi connectivity index (χ0n) is 15.9. The topological polar surface area (TPSA) is 61.9 Å².